The van der Waals surface area contributed by atoms with Crippen LogP contribution < -0.4 is 5.32 Å². The SMILES string of the molecule is C=CCOCCCC(=O)N1CCNCC1c1cccnc1. The summed E-state index contributed by atoms with van der Waals surface area (Å²) in [5, 5.41) is 3.34. The highest BCUT2D eigenvalue weighted by Crippen LogP contribution is 2.22. The molecule has 1 aliphatic rings. The van der Waals surface area contributed by atoms with Crippen LogP contribution >= 0.6 is 0 Å². The number of pyridine rings is 1. The molecule has 0 saturated carbocycles. The molecule has 0 aromatic carbocycles. The van der Waals surface area contributed by atoms with E-state index in [1.165, 1.54) is 0 Å². The Kier molecular flexibility index (Phi) is 6.37. The van der Waals surface area contributed by atoms with Crippen LogP contribution in [0.15, 0.2) is 37.2 Å². The molecule has 0 bridgehead atoms. The Bertz CT molecular complexity index is 450. The van der Waals surface area contributed by atoms with Gasteiger partial charge in [-0.15, -0.1) is 6.58 Å². The van der Waals surface area contributed by atoms with Gasteiger partial charge in [-0.1, -0.05) is 12.1 Å². The second kappa shape index (κ2) is 8.54. The highest BCUT2D eigenvalue weighted by molar-refractivity contribution is 5.76. The molecule has 1 saturated heterocycles. The number of nitrogens with zero attached hydrogens (tertiary/aromatic N) is 2. The summed E-state index contributed by atoms with van der Waals surface area (Å²) in [6.07, 6.45) is 6.58. The quantitative estimate of drug-likeness (QED) is 0.611. The zero-order valence-electron chi connectivity index (χ0n) is 12.3. The normalized spacial score (nSPS) is 18.5. The van der Waals surface area contributed by atoms with Gasteiger partial charge in [-0.3, -0.25) is 9.78 Å². The third-order valence-corrected chi connectivity index (χ3v) is 3.55. The lowest BCUT2D eigenvalue weighted by atomic mass is 10.0. The molecule has 1 N–H and O–H groups in total. The number of rotatable bonds is 7. The van der Waals surface area contributed by atoms with Gasteiger partial charge in [-0.25, -0.2) is 0 Å². The minimum Gasteiger partial charge on any atom is -0.377 e. The van der Waals surface area contributed by atoms with Gasteiger partial charge in [0.25, 0.3) is 0 Å². The average Bonchev–Trinajstić information content (AvgIpc) is 2.55. The molecule has 1 aromatic rings. The van der Waals surface area contributed by atoms with Gasteiger partial charge < -0.3 is 15.0 Å². The van der Waals surface area contributed by atoms with E-state index in [-0.39, 0.29) is 11.9 Å². The van der Waals surface area contributed by atoms with Gasteiger partial charge in [-0.05, 0) is 18.1 Å². The molecule has 0 aliphatic carbocycles. The van der Waals surface area contributed by atoms with Crippen LogP contribution in [0.3, 0.4) is 0 Å². The molecule has 0 spiro atoms. The number of ether oxygens (including phenoxy) is 1. The third kappa shape index (κ3) is 4.65. The van der Waals surface area contributed by atoms with Gasteiger partial charge in [0.15, 0.2) is 0 Å². The van der Waals surface area contributed by atoms with E-state index in [1.807, 2.05) is 23.2 Å². The Hall–Kier alpha value is -1.72. The maximum absolute atomic E-state index is 12.4. The van der Waals surface area contributed by atoms with Crippen LogP contribution in [-0.4, -0.2) is 48.6 Å². The summed E-state index contributed by atoms with van der Waals surface area (Å²) in [6.45, 7) is 7.10. The van der Waals surface area contributed by atoms with Gasteiger partial charge in [0.05, 0.1) is 12.6 Å². The highest BCUT2D eigenvalue weighted by atomic mass is 16.5. The maximum Gasteiger partial charge on any atom is 0.223 e. The van der Waals surface area contributed by atoms with Gasteiger partial charge in [0, 0.05) is 45.1 Å². The third-order valence-electron chi connectivity index (χ3n) is 3.55. The Labute approximate surface area is 126 Å². The van der Waals surface area contributed by atoms with Gasteiger partial charge in [0.2, 0.25) is 5.91 Å². The number of piperazine rings is 1. The molecule has 1 aromatic heterocycles. The molecule has 0 radical (unpaired) electrons. The maximum atomic E-state index is 12.4. The van der Waals surface area contributed by atoms with E-state index >= 15 is 0 Å². The fourth-order valence-corrected chi connectivity index (χ4v) is 2.51. The number of carbonyl (C=O) groups is 1. The summed E-state index contributed by atoms with van der Waals surface area (Å²) >= 11 is 0. The van der Waals surface area contributed by atoms with E-state index in [0.29, 0.717) is 19.6 Å². The summed E-state index contributed by atoms with van der Waals surface area (Å²) in [4.78, 5) is 18.5. The standard InChI is InChI=1S/C16H23N3O2/c1-2-10-21-11-4-6-16(20)19-9-8-18-13-15(19)14-5-3-7-17-12-14/h2-3,5,7,12,15,18H,1,4,6,8-11,13H2. The Balaban J connectivity index is 1.89. The molecule has 2 rings (SSSR count). The monoisotopic (exact) mass is 289 g/mol. The number of carbonyl (C=O) groups excluding carboxylic acids is 1. The van der Waals surface area contributed by atoms with E-state index in [0.717, 1.165) is 31.6 Å². The topological polar surface area (TPSA) is 54.5 Å². The largest absolute Gasteiger partial charge is 0.377 e. The summed E-state index contributed by atoms with van der Waals surface area (Å²) < 4.78 is 5.32. The van der Waals surface area contributed by atoms with Crippen molar-refractivity contribution in [2.75, 3.05) is 32.8 Å². The number of nitrogens with one attached hydrogen (secondary N) is 1. The van der Waals surface area contributed by atoms with Crippen molar-refractivity contribution in [3.8, 4) is 0 Å². The van der Waals surface area contributed by atoms with Crippen molar-refractivity contribution >= 4 is 5.91 Å². The molecule has 1 aliphatic heterocycles. The average molecular weight is 289 g/mol. The van der Waals surface area contributed by atoms with Crippen molar-refractivity contribution in [3.63, 3.8) is 0 Å². The minimum absolute atomic E-state index is 0.0778. The molecule has 1 amide bonds. The second-order valence-corrected chi connectivity index (χ2v) is 5.06. The van der Waals surface area contributed by atoms with Crippen molar-refractivity contribution in [1.29, 1.82) is 0 Å². The summed E-state index contributed by atoms with van der Waals surface area (Å²) in [6, 6.07) is 4.02. The van der Waals surface area contributed by atoms with Crippen LogP contribution in [0.2, 0.25) is 0 Å². The first kappa shape index (κ1) is 15.7. The highest BCUT2D eigenvalue weighted by Gasteiger charge is 2.27. The van der Waals surface area contributed by atoms with Crippen molar-refractivity contribution < 1.29 is 9.53 Å². The molecular formula is C16H23N3O2. The number of aromatic nitrogens is 1. The van der Waals surface area contributed by atoms with Crippen LogP contribution in [0.25, 0.3) is 0 Å². The fraction of sp³-hybridized carbons (Fsp3) is 0.500. The van der Waals surface area contributed by atoms with Crippen molar-refractivity contribution in [2.45, 2.75) is 18.9 Å². The van der Waals surface area contributed by atoms with Crippen molar-refractivity contribution in [2.24, 2.45) is 0 Å². The van der Waals surface area contributed by atoms with Gasteiger partial charge in [-0.2, -0.15) is 0 Å². The molecule has 1 atom stereocenters. The van der Waals surface area contributed by atoms with E-state index in [2.05, 4.69) is 16.9 Å². The molecule has 1 fully saturated rings. The number of amides is 1. The van der Waals surface area contributed by atoms with Gasteiger partial charge in [0.1, 0.15) is 0 Å². The van der Waals surface area contributed by atoms with E-state index in [1.54, 1.807) is 12.3 Å². The summed E-state index contributed by atoms with van der Waals surface area (Å²) in [5.41, 5.74) is 1.08. The van der Waals surface area contributed by atoms with Crippen LogP contribution in [0.1, 0.15) is 24.4 Å². The van der Waals surface area contributed by atoms with E-state index in [9.17, 15) is 4.79 Å². The lowest BCUT2D eigenvalue weighted by molar-refractivity contribution is -0.134. The predicted molar refractivity (Wildman–Crippen MR) is 81.8 cm³/mol. The second-order valence-electron chi connectivity index (χ2n) is 5.06. The number of hydrogen-bond acceptors (Lipinski definition) is 4. The van der Waals surface area contributed by atoms with Crippen molar-refractivity contribution in [3.05, 3.63) is 42.7 Å². The Morgan fingerprint density at radius 1 is 1.62 bits per heavy atom. The first-order valence-corrected chi connectivity index (χ1v) is 7.41. The molecule has 5 nitrogen and oxygen atoms in total. The lowest BCUT2D eigenvalue weighted by Gasteiger charge is -2.36. The zero-order chi connectivity index (χ0) is 14.9. The summed E-state index contributed by atoms with van der Waals surface area (Å²) in [7, 11) is 0. The Morgan fingerprint density at radius 2 is 2.52 bits per heavy atom. The molecular weight excluding hydrogens is 266 g/mol. The summed E-state index contributed by atoms with van der Waals surface area (Å²) in [5.74, 6) is 0.188. The number of hydrogen-bond donors (Lipinski definition) is 1. The first-order valence-electron chi connectivity index (χ1n) is 7.41. The fourth-order valence-electron chi connectivity index (χ4n) is 2.51. The minimum atomic E-state index is 0.0778. The molecule has 5 heteroatoms. The van der Waals surface area contributed by atoms with E-state index < -0.39 is 0 Å². The lowest BCUT2D eigenvalue weighted by Crippen LogP contribution is -2.48. The molecule has 21 heavy (non-hydrogen) atoms. The smallest absolute Gasteiger partial charge is 0.223 e. The zero-order valence-corrected chi connectivity index (χ0v) is 12.3. The Morgan fingerprint density at radius 3 is 3.29 bits per heavy atom. The van der Waals surface area contributed by atoms with Crippen LogP contribution in [-0.2, 0) is 9.53 Å². The van der Waals surface area contributed by atoms with Crippen molar-refractivity contribution in [1.82, 2.24) is 15.2 Å². The predicted octanol–water partition coefficient (Wildman–Crippen LogP) is 1.54. The van der Waals surface area contributed by atoms with Gasteiger partial charge >= 0.3 is 0 Å². The van der Waals surface area contributed by atoms with E-state index in [4.69, 9.17) is 4.74 Å². The molecule has 2 heterocycles. The molecule has 1 unspecified atom stereocenters. The van der Waals surface area contributed by atoms with Crippen LogP contribution in [0.4, 0.5) is 0 Å². The van der Waals surface area contributed by atoms with Crippen LogP contribution in [0.5, 0.6) is 0 Å². The first-order chi connectivity index (χ1) is 10.3. The van der Waals surface area contributed by atoms with Crippen LogP contribution in [0, 0.1) is 0 Å². The molecule has 114 valence electrons.